The van der Waals surface area contributed by atoms with Gasteiger partial charge in [-0.25, -0.2) is 8.42 Å². The maximum Gasteiger partial charge on any atom is 0.247 e. The zero-order chi connectivity index (χ0) is 16.4. The number of nitrogens with zero attached hydrogens (tertiary/aromatic N) is 1. The molecule has 3 rings (SSSR count). The number of fused-ring (bicyclic) bond motifs is 1. The van der Waals surface area contributed by atoms with Crippen LogP contribution in [0.4, 0.5) is 0 Å². The van der Waals surface area contributed by atoms with Gasteiger partial charge in [-0.1, -0.05) is 12.8 Å². The highest BCUT2D eigenvalue weighted by Gasteiger charge is 2.41. The summed E-state index contributed by atoms with van der Waals surface area (Å²) in [5.74, 6) is 0.836. The van der Waals surface area contributed by atoms with Crippen molar-refractivity contribution < 1.29 is 22.6 Å². The maximum absolute atomic E-state index is 13.2. The predicted octanol–water partition coefficient (Wildman–Crippen LogP) is 2.04. The fourth-order valence-electron chi connectivity index (χ4n) is 3.47. The van der Waals surface area contributed by atoms with Crippen molar-refractivity contribution in [2.24, 2.45) is 0 Å². The van der Waals surface area contributed by atoms with Gasteiger partial charge in [0.15, 0.2) is 0 Å². The summed E-state index contributed by atoms with van der Waals surface area (Å²) in [6, 6.07) is 4.77. The number of rotatable bonds is 4. The number of hydrogen-bond acceptors (Lipinski definition) is 5. The van der Waals surface area contributed by atoms with E-state index in [1.165, 1.54) is 20.3 Å². The summed E-state index contributed by atoms with van der Waals surface area (Å²) in [4.78, 5) is 0.158. The number of benzene rings is 1. The predicted molar refractivity (Wildman–Crippen MR) is 85.4 cm³/mol. The smallest absolute Gasteiger partial charge is 0.247 e. The van der Waals surface area contributed by atoms with E-state index in [1.807, 2.05) is 0 Å². The summed E-state index contributed by atoms with van der Waals surface area (Å²) in [6.45, 7) is 0.816. The van der Waals surface area contributed by atoms with Crippen LogP contribution >= 0.6 is 0 Å². The van der Waals surface area contributed by atoms with Crippen LogP contribution in [0.1, 0.15) is 25.7 Å². The highest BCUT2D eigenvalue weighted by Crippen LogP contribution is 2.36. The molecule has 1 aromatic rings. The Bertz CT molecular complexity index is 658. The lowest BCUT2D eigenvalue weighted by atomic mass is 9.91. The first-order chi connectivity index (χ1) is 11.1. The molecule has 0 bridgehead atoms. The zero-order valence-electron chi connectivity index (χ0n) is 13.5. The second-order valence-electron chi connectivity index (χ2n) is 5.89. The highest BCUT2D eigenvalue weighted by molar-refractivity contribution is 7.89. The minimum absolute atomic E-state index is 0.00359. The number of morpholine rings is 1. The lowest BCUT2D eigenvalue weighted by molar-refractivity contribution is -0.0586. The number of sulfonamides is 1. The molecule has 1 saturated carbocycles. The molecular weight excluding hydrogens is 318 g/mol. The Balaban J connectivity index is 2.00. The number of hydrogen-bond donors (Lipinski definition) is 0. The zero-order valence-corrected chi connectivity index (χ0v) is 14.3. The van der Waals surface area contributed by atoms with E-state index in [1.54, 1.807) is 16.4 Å². The lowest BCUT2D eigenvalue weighted by Crippen LogP contribution is -2.54. The molecule has 1 aliphatic carbocycles. The molecule has 23 heavy (non-hydrogen) atoms. The van der Waals surface area contributed by atoms with Crippen molar-refractivity contribution in [3.63, 3.8) is 0 Å². The molecule has 1 saturated heterocycles. The molecule has 2 aliphatic rings. The van der Waals surface area contributed by atoms with E-state index in [4.69, 9.17) is 14.2 Å². The van der Waals surface area contributed by atoms with Crippen molar-refractivity contribution in [3.05, 3.63) is 18.2 Å². The first-order valence-electron chi connectivity index (χ1n) is 7.93. The van der Waals surface area contributed by atoms with Gasteiger partial charge in [0, 0.05) is 12.6 Å². The topological polar surface area (TPSA) is 65.1 Å². The molecule has 0 unspecified atom stereocenters. The van der Waals surface area contributed by atoms with E-state index in [9.17, 15) is 8.42 Å². The molecule has 2 atom stereocenters. The van der Waals surface area contributed by atoms with Crippen LogP contribution in [0.3, 0.4) is 0 Å². The Morgan fingerprint density at radius 2 is 1.96 bits per heavy atom. The second-order valence-corrected chi connectivity index (χ2v) is 7.75. The third kappa shape index (κ3) is 3.05. The summed E-state index contributed by atoms with van der Waals surface area (Å²) in [6.07, 6.45) is 3.90. The van der Waals surface area contributed by atoms with Crippen LogP contribution in [0.2, 0.25) is 0 Å². The first kappa shape index (κ1) is 16.5. The third-order valence-corrected chi connectivity index (χ3v) is 6.58. The van der Waals surface area contributed by atoms with Crippen LogP contribution in [0.5, 0.6) is 11.5 Å². The summed E-state index contributed by atoms with van der Waals surface area (Å²) < 4.78 is 44.3. The Morgan fingerprint density at radius 3 is 2.70 bits per heavy atom. The quantitative estimate of drug-likeness (QED) is 0.838. The number of ether oxygens (including phenoxy) is 3. The van der Waals surface area contributed by atoms with E-state index < -0.39 is 10.0 Å². The largest absolute Gasteiger partial charge is 0.497 e. The SMILES string of the molecule is COc1ccc(OC)c(S(=O)(=O)N2CCO[C@@H]3CCCC[C@@H]32)c1. The molecule has 0 aromatic heterocycles. The molecule has 2 fully saturated rings. The van der Waals surface area contributed by atoms with Gasteiger partial charge >= 0.3 is 0 Å². The van der Waals surface area contributed by atoms with E-state index >= 15 is 0 Å². The van der Waals surface area contributed by atoms with Gasteiger partial charge in [-0.3, -0.25) is 0 Å². The first-order valence-corrected chi connectivity index (χ1v) is 9.37. The molecule has 0 radical (unpaired) electrons. The maximum atomic E-state index is 13.2. The Morgan fingerprint density at radius 1 is 1.17 bits per heavy atom. The summed E-state index contributed by atoms with van der Waals surface area (Å²) in [5.41, 5.74) is 0. The van der Waals surface area contributed by atoms with Crippen LogP contribution in [-0.2, 0) is 14.8 Å². The van der Waals surface area contributed by atoms with Gasteiger partial charge < -0.3 is 14.2 Å². The molecule has 1 heterocycles. The fourth-order valence-corrected chi connectivity index (χ4v) is 5.31. The van der Waals surface area contributed by atoms with Gasteiger partial charge in [0.1, 0.15) is 16.4 Å². The standard InChI is InChI=1S/C16H23NO5S/c1-20-12-7-8-15(21-2)16(11-12)23(18,19)17-9-10-22-14-6-4-3-5-13(14)17/h7-8,11,13-14H,3-6,9-10H2,1-2H3/t13-,14+/m0/s1. The molecule has 0 spiro atoms. The Hall–Kier alpha value is -1.31. The van der Waals surface area contributed by atoms with E-state index in [0.717, 1.165) is 25.7 Å². The molecule has 128 valence electrons. The van der Waals surface area contributed by atoms with Gasteiger partial charge in [-0.2, -0.15) is 4.31 Å². The molecule has 1 aliphatic heterocycles. The molecule has 6 nitrogen and oxygen atoms in total. The van der Waals surface area contributed by atoms with Crippen LogP contribution in [0, 0.1) is 0 Å². The summed E-state index contributed by atoms with van der Waals surface area (Å²) in [5, 5.41) is 0. The minimum Gasteiger partial charge on any atom is -0.497 e. The summed E-state index contributed by atoms with van der Waals surface area (Å²) in [7, 11) is -0.666. The van der Waals surface area contributed by atoms with Crippen molar-refractivity contribution in [2.45, 2.75) is 42.7 Å². The Kier molecular flexibility index (Phi) is 4.79. The average Bonchev–Trinajstić information content (AvgIpc) is 2.60. The van der Waals surface area contributed by atoms with Crippen molar-refractivity contribution >= 4 is 10.0 Å². The van der Waals surface area contributed by atoms with Crippen molar-refractivity contribution in [3.8, 4) is 11.5 Å². The molecule has 0 N–H and O–H groups in total. The van der Waals surface area contributed by atoms with Crippen molar-refractivity contribution in [1.82, 2.24) is 4.31 Å². The van der Waals surface area contributed by atoms with Crippen LogP contribution in [0.25, 0.3) is 0 Å². The van der Waals surface area contributed by atoms with Crippen LogP contribution in [0.15, 0.2) is 23.1 Å². The molecular formula is C16H23NO5S. The van der Waals surface area contributed by atoms with E-state index in [0.29, 0.717) is 24.7 Å². The van der Waals surface area contributed by atoms with Gasteiger partial charge in [0.25, 0.3) is 0 Å². The fraction of sp³-hybridized carbons (Fsp3) is 0.625. The van der Waals surface area contributed by atoms with Crippen LogP contribution in [-0.4, -0.2) is 52.2 Å². The molecule has 1 aromatic carbocycles. The van der Waals surface area contributed by atoms with Gasteiger partial charge in [0.05, 0.1) is 33.0 Å². The highest BCUT2D eigenvalue weighted by atomic mass is 32.2. The lowest BCUT2D eigenvalue weighted by Gasteiger charge is -2.42. The second kappa shape index (κ2) is 6.67. The number of methoxy groups -OCH3 is 2. The van der Waals surface area contributed by atoms with E-state index in [-0.39, 0.29) is 17.0 Å². The van der Waals surface area contributed by atoms with Crippen LogP contribution < -0.4 is 9.47 Å². The minimum atomic E-state index is -3.66. The van der Waals surface area contributed by atoms with Gasteiger partial charge in [0.2, 0.25) is 10.0 Å². The molecule has 7 heteroatoms. The van der Waals surface area contributed by atoms with Gasteiger partial charge in [-0.15, -0.1) is 0 Å². The summed E-state index contributed by atoms with van der Waals surface area (Å²) >= 11 is 0. The van der Waals surface area contributed by atoms with Crippen molar-refractivity contribution in [1.29, 1.82) is 0 Å². The van der Waals surface area contributed by atoms with Crippen molar-refractivity contribution in [2.75, 3.05) is 27.4 Å². The van der Waals surface area contributed by atoms with Gasteiger partial charge in [-0.05, 0) is 25.0 Å². The monoisotopic (exact) mass is 341 g/mol. The third-order valence-electron chi connectivity index (χ3n) is 4.64. The Labute approximate surface area is 137 Å². The average molecular weight is 341 g/mol. The normalized spacial score (nSPS) is 25.7. The van der Waals surface area contributed by atoms with E-state index in [2.05, 4.69) is 0 Å². The molecule has 0 amide bonds.